The lowest BCUT2D eigenvalue weighted by atomic mass is 9.89. The zero-order chi connectivity index (χ0) is 9.97. The van der Waals surface area contributed by atoms with Crippen molar-refractivity contribution in [3.05, 3.63) is 11.6 Å². The molecule has 78 valence electrons. The van der Waals surface area contributed by atoms with E-state index in [0.29, 0.717) is 19.3 Å². The van der Waals surface area contributed by atoms with Crippen LogP contribution in [0.15, 0.2) is 11.6 Å². The van der Waals surface area contributed by atoms with Gasteiger partial charge in [0.2, 0.25) is 0 Å². The summed E-state index contributed by atoms with van der Waals surface area (Å²) in [6, 6.07) is 0. The third kappa shape index (κ3) is 2.03. The van der Waals surface area contributed by atoms with Gasteiger partial charge in [0, 0.05) is 12.5 Å². The van der Waals surface area contributed by atoms with E-state index in [0.717, 1.165) is 25.1 Å². The summed E-state index contributed by atoms with van der Waals surface area (Å²) < 4.78 is 12.8. The Kier molecular flexibility index (Phi) is 2.96. The summed E-state index contributed by atoms with van der Waals surface area (Å²) in [6.45, 7) is 1.74. The predicted octanol–water partition coefficient (Wildman–Crippen LogP) is 1.61. The molecule has 1 heterocycles. The minimum atomic E-state index is -0.728. The first-order valence-electron chi connectivity index (χ1n) is 5.35. The molecule has 2 unspecified atom stereocenters. The molecule has 0 aromatic carbocycles. The number of ketones is 1. The predicted molar refractivity (Wildman–Crippen MR) is 52.8 cm³/mol. The molecule has 0 radical (unpaired) electrons. The molecule has 2 nitrogen and oxygen atoms in total. The van der Waals surface area contributed by atoms with Crippen LogP contribution in [-0.4, -0.2) is 25.0 Å². The van der Waals surface area contributed by atoms with Gasteiger partial charge in [-0.25, -0.2) is 4.39 Å². The average Bonchev–Trinajstić information content (AvgIpc) is 2.71. The van der Waals surface area contributed by atoms with Crippen molar-refractivity contribution in [2.24, 2.45) is 5.92 Å². The number of nitrogens with one attached hydrogen (secondary N) is 1. The van der Waals surface area contributed by atoms with E-state index >= 15 is 0 Å². The molecule has 1 N–H and O–H groups in total. The van der Waals surface area contributed by atoms with Gasteiger partial charge in [0.25, 0.3) is 0 Å². The van der Waals surface area contributed by atoms with Crippen LogP contribution < -0.4 is 5.32 Å². The third-order valence-electron chi connectivity index (χ3n) is 3.09. The molecule has 3 heteroatoms. The number of halogens is 1. The van der Waals surface area contributed by atoms with Gasteiger partial charge in [0.15, 0.2) is 5.78 Å². The van der Waals surface area contributed by atoms with Crippen LogP contribution in [0.5, 0.6) is 0 Å². The van der Waals surface area contributed by atoms with Crippen molar-refractivity contribution in [2.75, 3.05) is 13.1 Å². The first-order chi connectivity index (χ1) is 6.77. The van der Waals surface area contributed by atoms with E-state index in [-0.39, 0.29) is 11.7 Å². The molecule has 14 heavy (non-hydrogen) atoms. The van der Waals surface area contributed by atoms with E-state index in [2.05, 4.69) is 5.32 Å². The number of Topliss-reactive ketones (excluding diaryl/α,β-unsaturated/α-hetero) is 1. The molecule has 1 fully saturated rings. The number of allylic oxidation sites excluding steroid dienone is 2. The van der Waals surface area contributed by atoms with Gasteiger partial charge in [0.1, 0.15) is 6.17 Å². The highest BCUT2D eigenvalue weighted by molar-refractivity contribution is 5.97. The zero-order valence-corrected chi connectivity index (χ0v) is 8.26. The Labute approximate surface area is 83.6 Å². The molecule has 1 aliphatic heterocycles. The average molecular weight is 197 g/mol. The van der Waals surface area contributed by atoms with Crippen molar-refractivity contribution in [1.29, 1.82) is 0 Å². The molecule has 0 bridgehead atoms. The highest BCUT2D eigenvalue weighted by Gasteiger charge is 2.26. The Morgan fingerprint density at radius 3 is 2.93 bits per heavy atom. The van der Waals surface area contributed by atoms with Gasteiger partial charge in [-0.2, -0.15) is 0 Å². The molecule has 2 rings (SSSR count). The van der Waals surface area contributed by atoms with Gasteiger partial charge >= 0.3 is 0 Å². The Hall–Kier alpha value is -0.700. The van der Waals surface area contributed by atoms with Crippen LogP contribution in [0.2, 0.25) is 0 Å². The monoisotopic (exact) mass is 197 g/mol. The van der Waals surface area contributed by atoms with Crippen LogP contribution in [0.25, 0.3) is 0 Å². The second kappa shape index (κ2) is 4.22. The Balaban J connectivity index is 1.97. The second-order valence-corrected chi connectivity index (χ2v) is 4.15. The van der Waals surface area contributed by atoms with E-state index in [9.17, 15) is 9.18 Å². The second-order valence-electron chi connectivity index (χ2n) is 4.15. The minimum absolute atomic E-state index is 0.150. The number of alkyl halides is 1. The molecular weight excluding hydrogens is 181 g/mol. The van der Waals surface area contributed by atoms with Crippen molar-refractivity contribution in [1.82, 2.24) is 5.32 Å². The van der Waals surface area contributed by atoms with E-state index < -0.39 is 6.17 Å². The number of hydrogen-bond donors (Lipinski definition) is 1. The van der Waals surface area contributed by atoms with Crippen LogP contribution in [0.1, 0.15) is 25.7 Å². The third-order valence-corrected chi connectivity index (χ3v) is 3.09. The van der Waals surface area contributed by atoms with Gasteiger partial charge in [-0.3, -0.25) is 4.79 Å². The highest BCUT2D eigenvalue weighted by Crippen LogP contribution is 2.24. The van der Waals surface area contributed by atoms with Gasteiger partial charge in [-0.05, 0) is 37.8 Å². The Bertz CT molecular complexity index is 256. The molecule has 0 saturated carbocycles. The van der Waals surface area contributed by atoms with E-state index in [1.807, 2.05) is 0 Å². The summed E-state index contributed by atoms with van der Waals surface area (Å²) in [6.07, 6.45) is 3.60. The fourth-order valence-electron chi connectivity index (χ4n) is 2.17. The van der Waals surface area contributed by atoms with E-state index in [1.165, 1.54) is 0 Å². The highest BCUT2D eigenvalue weighted by atomic mass is 19.1. The van der Waals surface area contributed by atoms with Crippen molar-refractivity contribution in [3.8, 4) is 0 Å². The fourth-order valence-corrected chi connectivity index (χ4v) is 2.17. The summed E-state index contributed by atoms with van der Waals surface area (Å²) in [7, 11) is 0. The molecule has 2 aliphatic rings. The molecule has 2 atom stereocenters. The largest absolute Gasteiger partial charge is 0.316 e. The van der Waals surface area contributed by atoms with Gasteiger partial charge in [-0.15, -0.1) is 0 Å². The number of carbonyl (C=O) groups excluding carboxylic acids is 1. The van der Waals surface area contributed by atoms with Crippen molar-refractivity contribution in [3.63, 3.8) is 0 Å². The molecule has 0 amide bonds. The van der Waals surface area contributed by atoms with Crippen LogP contribution in [-0.2, 0) is 4.79 Å². The molecule has 0 aromatic heterocycles. The summed E-state index contributed by atoms with van der Waals surface area (Å²) in [5.74, 6) is 0.402. The maximum Gasteiger partial charge on any atom is 0.162 e. The zero-order valence-electron chi connectivity index (χ0n) is 8.26. The molecule has 1 saturated heterocycles. The van der Waals surface area contributed by atoms with E-state index in [4.69, 9.17) is 0 Å². The minimum Gasteiger partial charge on any atom is -0.316 e. The fraction of sp³-hybridized carbons (Fsp3) is 0.727. The summed E-state index contributed by atoms with van der Waals surface area (Å²) in [4.78, 5) is 11.9. The first-order valence-corrected chi connectivity index (χ1v) is 5.35. The van der Waals surface area contributed by atoms with Crippen LogP contribution in [0.3, 0.4) is 0 Å². The van der Waals surface area contributed by atoms with E-state index in [1.54, 1.807) is 6.08 Å². The maximum atomic E-state index is 12.8. The van der Waals surface area contributed by atoms with Crippen molar-refractivity contribution in [2.45, 2.75) is 31.9 Å². The summed E-state index contributed by atoms with van der Waals surface area (Å²) in [5, 5.41) is 3.18. The topological polar surface area (TPSA) is 29.1 Å². The molecule has 0 spiro atoms. The first kappa shape index (κ1) is 9.84. The lowest BCUT2D eigenvalue weighted by Crippen LogP contribution is -2.21. The van der Waals surface area contributed by atoms with Gasteiger partial charge in [0.05, 0.1) is 0 Å². The maximum absolute atomic E-state index is 12.8. The summed E-state index contributed by atoms with van der Waals surface area (Å²) in [5.41, 5.74) is 0.868. The number of carbonyl (C=O) groups is 1. The van der Waals surface area contributed by atoms with Gasteiger partial charge in [-0.1, -0.05) is 6.08 Å². The SMILES string of the molecule is O=C(C1=CCC(F)CC1)C1CCNC1. The van der Waals surface area contributed by atoms with Crippen molar-refractivity contribution >= 4 is 5.78 Å². The lowest BCUT2D eigenvalue weighted by Gasteiger charge is -2.17. The van der Waals surface area contributed by atoms with Crippen LogP contribution >= 0.6 is 0 Å². The number of hydrogen-bond acceptors (Lipinski definition) is 2. The molecule has 0 aromatic rings. The smallest absolute Gasteiger partial charge is 0.162 e. The van der Waals surface area contributed by atoms with Gasteiger partial charge < -0.3 is 5.32 Å². The normalized spacial score (nSPS) is 32.8. The Morgan fingerprint density at radius 2 is 2.36 bits per heavy atom. The molecular formula is C11H16FNO. The lowest BCUT2D eigenvalue weighted by molar-refractivity contribution is -0.118. The quantitative estimate of drug-likeness (QED) is 0.728. The van der Waals surface area contributed by atoms with Crippen LogP contribution in [0, 0.1) is 5.92 Å². The standard InChI is InChI=1S/C11H16FNO/c12-10-3-1-8(2-4-10)11(14)9-5-6-13-7-9/h1,9-10,13H,2-7H2. The van der Waals surface area contributed by atoms with Crippen LogP contribution in [0.4, 0.5) is 4.39 Å². The summed E-state index contributed by atoms with van der Waals surface area (Å²) >= 11 is 0. The molecule has 1 aliphatic carbocycles. The number of rotatable bonds is 2. The Morgan fingerprint density at radius 1 is 1.50 bits per heavy atom. The van der Waals surface area contributed by atoms with Crippen molar-refractivity contribution < 1.29 is 9.18 Å².